The molecule has 134 valence electrons. The number of amides is 1. The predicted octanol–water partition coefficient (Wildman–Crippen LogP) is 2.49. The topological polar surface area (TPSA) is 68.2 Å². The third-order valence-electron chi connectivity index (χ3n) is 4.21. The van der Waals surface area contributed by atoms with Crippen molar-refractivity contribution < 1.29 is 13.9 Å². The molecule has 7 heteroatoms. The van der Waals surface area contributed by atoms with Gasteiger partial charge in [-0.15, -0.1) is 0 Å². The van der Waals surface area contributed by atoms with Crippen LogP contribution >= 0.6 is 0 Å². The molecule has 0 bridgehead atoms. The first kappa shape index (κ1) is 17.4. The number of nitrogens with zero attached hydrogens (tertiary/aromatic N) is 2. The zero-order valence-electron chi connectivity index (χ0n) is 14.3. The molecule has 1 amide bonds. The van der Waals surface area contributed by atoms with Crippen molar-refractivity contribution in [3.63, 3.8) is 0 Å². The highest BCUT2D eigenvalue weighted by Gasteiger charge is 2.22. The Morgan fingerprint density at radius 2 is 2.24 bits per heavy atom. The molecule has 1 saturated heterocycles. The first-order valence-electron chi connectivity index (χ1n) is 8.59. The van der Waals surface area contributed by atoms with Gasteiger partial charge in [-0.3, -0.25) is 9.48 Å². The average molecular weight is 346 g/mol. The quantitative estimate of drug-likeness (QED) is 0.756. The number of ether oxygens (including phenoxy) is 1. The second-order valence-electron chi connectivity index (χ2n) is 6.19. The van der Waals surface area contributed by atoms with Crippen LogP contribution in [0.1, 0.15) is 25.0 Å². The lowest BCUT2D eigenvalue weighted by molar-refractivity contribution is -0.117. The molecule has 1 aromatic carbocycles. The van der Waals surface area contributed by atoms with E-state index in [9.17, 15) is 9.18 Å². The summed E-state index contributed by atoms with van der Waals surface area (Å²) in [7, 11) is 0. The van der Waals surface area contributed by atoms with Crippen LogP contribution in [0, 0.1) is 12.7 Å². The highest BCUT2D eigenvalue weighted by molar-refractivity contribution is 5.94. The molecular weight excluding hydrogens is 323 g/mol. The van der Waals surface area contributed by atoms with Gasteiger partial charge in [-0.05, 0) is 50.6 Å². The van der Waals surface area contributed by atoms with Crippen LogP contribution in [-0.4, -0.2) is 34.9 Å². The molecule has 2 heterocycles. The van der Waals surface area contributed by atoms with E-state index in [0.29, 0.717) is 24.7 Å². The number of carbonyl (C=O) groups is 1. The number of halogens is 1. The van der Waals surface area contributed by atoms with Crippen molar-refractivity contribution in [1.82, 2.24) is 15.1 Å². The largest absolute Gasteiger partial charge is 0.494 e. The van der Waals surface area contributed by atoms with Gasteiger partial charge in [0.1, 0.15) is 11.6 Å². The normalized spacial score (nSPS) is 16.8. The SMILES string of the molecule is Cc1cc(NC(=O)[C@H]2CCCN2)nn1CCCOc1ccc(F)cc1. The zero-order valence-corrected chi connectivity index (χ0v) is 14.3. The minimum atomic E-state index is -0.276. The molecule has 0 unspecified atom stereocenters. The van der Waals surface area contributed by atoms with E-state index in [4.69, 9.17) is 4.74 Å². The van der Waals surface area contributed by atoms with Crippen molar-refractivity contribution >= 4 is 11.7 Å². The van der Waals surface area contributed by atoms with E-state index in [-0.39, 0.29) is 17.8 Å². The Labute approximate surface area is 146 Å². The van der Waals surface area contributed by atoms with Gasteiger partial charge in [0.15, 0.2) is 5.82 Å². The Hall–Kier alpha value is -2.41. The van der Waals surface area contributed by atoms with E-state index in [1.807, 2.05) is 17.7 Å². The predicted molar refractivity (Wildman–Crippen MR) is 93.1 cm³/mol. The molecule has 2 N–H and O–H groups in total. The van der Waals surface area contributed by atoms with Gasteiger partial charge in [0.05, 0.1) is 12.6 Å². The maximum Gasteiger partial charge on any atom is 0.242 e. The van der Waals surface area contributed by atoms with Crippen LogP contribution in [0.5, 0.6) is 5.75 Å². The standard InChI is InChI=1S/C18H23FN4O2/c1-13-12-17(21-18(24)16-4-2-9-20-16)22-23(13)10-3-11-25-15-7-5-14(19)6-8-15/h5-8,12,16,20H,2-4,9-11H2,1H3,(H,21,22,24)/t16-/m1/s1. The van der Waals surface area contributed by atoms with E-state index in [1.54, 1.807) is 12.1 Å². The van der Waals surface area contributed by atoms with Gasteiger partial charge in [0, 0.05) is 24.7 Å². The summed E-state index contributed by atoms with van der Waals surface area (Å²) in [6, 6.07) is 7.73. The number of benzene rings is 1. The van der Waals surface area contributed by atoms with E-state index >= 15 is 0 Å². The zero-order chi connectivity index (χ0) is 17.6. The van der Waals surface area contributed by atoms with Crippen LogP contribution in [0.4, 0.5) is 10.2 Å². The highest BCUT2D eigenvalue weighted by Crippen LogP contribution is 2.14. The van der Waals surface area contributed by atoms with Crippen LogP contribution in [0.3, 0.4) is 0 Å². The van der Waals surface area contributed by atoms with Gasteiger partial charge >= 0.3 is 0 Å². The molecule has 0 aliphatic carbocycles. The van der Waals surface area contributed by atoms with Crippen LogP contribution < -0.4 is 15.4 Å². The number of nitrogens with one attached hydrogen (secondary N) is 2. The second kappa shape index (κ2) is 8.11. The Morgan fingerprint density at radius 3 is 2.96 bits per heavy atom. The molecule has 1 atom stereocenters. The summed E-state index contributed by atoms with van der Waals surface area (Å²) in [4.78, 5) is 12.1. The monoisotopic (exact) mass is 346 g/mol. The van der Waals surface area contributed by atoms with E-state index in [2.05, 4.69) is 15.7 Å². The lowest BCUT2D eigenvalue weighted by atomic mass is 10.2. The number of hydrogen-bond donors (Lipinski definition) is 2. The molecule has 0 saturated carbocycles. The lowest BCUT2D eigenvalue weighted by Gasteiger charge is -2.09. The lowest BCUT2D eigenvalue weighted by Crippen LogP contribution is -2.35. The molecule has 3 rings (SSSR count). The Morgan fingerprint density at radius 1 is 1.44 bits per heavy atom. The number of anilines is 1. The summed E-state index contributed by atoms with van der Waals surface area (Å²) >= 11 is 0. The van der Waals surface area contributed by atoms with Gasteiger partial charge in [0.25, 0.3) is 0 Å². The minimum absolute atomic E-state index is 0.0261. The fraction of sp³-hybridized carbons (Fsp3) is 0.444. The molecule has 1 aliphatic heterocycles. The molecular formula is C18H23FN4O2. The molecule has 1 aliphatic rings. The summed E-state index contributed by atoms with van der Waals surface area (Å²) in [6.45, 7) is 4.04. The van der Waals surface area contributed by atoms with E-state index in [0.717, 1.165) is 31.5 Å². The third-order valence-corrected chi connectivity index (χ3v) is 4.21. The summed E-state index contributed by atoms with van der Waals surface area (Å²) in [5, 5.41) is 10.5. The second-order valence-corrected chi connectivity index (χ2v) is 6.19. The first-order chi connectivity index (χ1) is 12.1. The summed E-state index contributed by atoms with van der Waals surface area (Å²) in [5.74, 6) is 0.926. The molecule has 25 heavy (non-hydrogen) atoms. The van der Waals surface area contributed by atoms with E-state index in [1.165, 1.54) is 12.1 Å². The first-order valence-corrected chi connectivity index (χ1v) is 8.59. The van der Waals surface area contributed by atoms with Gasteiger partial charge < -0.3 is 15.4 Å². The molecule has 1 fully saturated rings. The van der Waals surface area contributed by atoms with Crippen molar-refractivity contribution in [3.8, 4) is 5.75 Å². The number of rotatable bonds is 7. The Bertz CT molecular complexity index is 708. The van der Waals surface area contributed by atoms with Crippen LogP contribution in [0.25, 0.3) is 0 Å². The number of aryl methyl sites for hydroxylation is 2. The van der Waals surface area contributed by atoms with Crippen molar-refractivity contribution in [3.05, 3.63) is 41.8 Å². The van der Waals surface area contributed by atoms with Gasteiger partial charge in [0.2, 0.25) is 5.91 Å². The van der Waals surface area contributed by atoms with E-state index < -0.39 is 0 Å². The smallest absolute Gasteiger partial charge is 0.242 e. The maximum atomic E-state index is 12.8. The van der Waals surface area contributed by atoms with Crippen LogP contribution in [0.2, 0.25) is 0 Å². The van der Waals surface area contributed by atoms with Crippen molar-refractivity contribution in [1.29, 1.82) is 0 Å². The average Bonchev–Trinajstić information content (AvgIpc) is 3.24. The van der Waals surface area contributed by atoms with Crippen LogP contribution in [-0.2, 0) is 11.3 Å². The van der Waals surface area contributed by atoms with Gasteiger partial charge in [-0.25, -0.2) is 4.39 Å². The minimum Gasteiger partial charge on any atom is -0.494 e. The van der Waals surface area contributed by atoms with Crippen molar-refractivity contribution in [2.24, 2.45) is 0 Å². The fourth-order valence-corrected chi connectivity index (χ4v) is 2.85. The van der Waals surface area contributed by atoms with Gasteiger partial charge in [-0.2, -0.15) is 5.10 Å². The molecule has 0 spiro atoms. The number of carbonyl (C=O) groups excluding carboxylic acids is 1. The Balaban J connectivity index is 1.45. The fourth-order valence-electron chi connectivity index (χ4n) is 2.85. The summed E-state index contributed by atoms with van der Waals surface area (Å²) in [5.41, 5.74) is 0.983. The molecule has 1 aromatic heterocycles. The summed E-state index contributed by atoms with van der Waals surface area (Å²) in [6.07, 6.45) is 2.66. The van der Waals surface area contributed by atoms with Crippen molar-refractivity contribution in [2.45, 2.75) is 38.8 Å². The summed E-state index contributed by atoms with van der Waals surface area (Å²) < 4.78 is 20.3. The third kappa shape index (κ3) is 4.79. The van der Waals surface area contributed by atoms with Crippen LogP contribution in [0.15, 0.2) is 30.3 Å². The van der Waals surface area contributed by atoms with Crippen molar-refractivity contribution in [2.75, 3.05) is 18.5 Å². The highest BCUT2D eigenvalue weighted by atomic mass is 19.1. The number of hydrogen-bond acceptors (Lipinski definition) is 4. The Kier molecular flexibility index (Phi) is 5.65. The molecule has 6 nitrogen and oxygen atoms in total. The molecule has 0 radical (unpaired) electrons. The number of aromatic nitrogens is 2. The maximum absolute atomic E-state index is 12.8. The van der Waals surface area contributed by atoms with Gasteiger partial charge in [-0.1, -0.05) is 0 Å². The molecule has 2 aromatic rings.